The average Bonchev–Trinajstić information content (AvgIpc) is 3.15. The first-order valence-electron chi connectivity index (χ1n) is 6.74. The Hall–Kier alpha value is -2.47. The van der Waals surface area contributed by atoms with Crippen molar-refractivity contribution in [3.05, 3.63) is 64.9 Å². The molecule has 0 aliphatic rings. The normalized spacial score (nSPS) is 10.6. The molecule has 0 bridgehead atoms. The van der Waals surface area contributed by atoms with Gasteiger partial charge in [0.25, 0.3) is 5.91 Å². The van der Waals surface area contributed by atoms with Gasteiger partial charge in [-0.1, -0.05) is 18.2 Å². The minimum Gasteiger partial charge on any atom is -0.347 e. The van der Waals surface area contributed by atoms with Crippen molar-refractivity contribution in [3.63, 3.8) is 0 Å². The van der Waals surface area contributed by atoms with Gasteiger partial charge in [-0.2, -0.15) is 5.10 Å². The minimum absolute atomic E-state index is 0.206. The highest BCUT2D eigenvalue weighted by molar-refractivity contribution is 7.13. The first-order chi connectivity index (χ1) is 10.6. The molecule has 112 valence electrons. The van der Waals surface area contributed by atoms with E-state index in [9.17, 15) is 9.18 Å². The summed E-state index contributed by atoms with van der Waals surface area (Å²) >= 11 is 1.58. The van der Waals surface area contributed by atoms with Gasteiger partial charge in [-0.3, -0.25) is 9.48 Å². The summed E-state index contributed by atoms with van der Waals surface area (Å²) < 4.78 is 14.4. The van der Waals surface area contributed by atoms with Crippen molar-refractivity contribution in [2.45, 2.75) is 6.54 Å². The number of aromatic nitrogens is 2. The largest absolute Gasteiger partial charge is 0.347 e. The Bertz CT molecular complexity index is 778. The van der Waals surface area contributed by atoms with Crippen molar-refractivity contribution >= 4 is 17.2 Å². The standard InChI is InChI=1S/C16H14FN3OS/c1-20-14(9-13(19-20)15-3-2-8-22-15)16(21)18-10-11-4-6-12(17)7-5-11/h2-9H,10H2,1H3,(H,18,21). The van der Waals surface area contributed by atoms with E-state index < -0.39 is 0 Å². The zero-order chi connectivity index (χ0) is 15.5. The monoisotopic (exact) mass is 315 g/mol. The van der Waals surface area contributed by atoms with Crippen LogP contribution < -0.4 is 5.32 Å². The molecule has 0 radical (unpaired) electrons. The molecule has 1 amide bonds. The van der Waals surface area contributed by atoms with E-state index in [2.05, 4.69) is 10.4 Å². The van der Waals surface area contributed by atoms with Gasteiger partial charge >= 0.3 is 0 Å². The van der Waals surface area contributed by atoms with Crippen LogP contribution in [-0.4, -0.2) is 15.7 Å². The minimum atomic E-state index is -0.290. The maximum atomic E-state index is 12.8. The fraction of sp³-hybridized carbons (Fsp3) is 0.125. The van der Waals surface area contributed by atoms with Gasteiger partial charge in [-0.15, -0.1) is 11.3 Å². The Labute approximate surface area is 131 Å². The first-order valence-corrected chi connectivity index (χ1v) is 7.62. The van der Waals surface area contributed by atoms with Gasteiger partial charge in [0.2, 0.25) is 0 Å². The van der Waals surface area contributed by atoms with E-state index >= 15 is 0 Å². The van der Waals surface area contributed by atoms with Crippen molar-refractivity contribution in [1.82, 2.24) is 15.1 Å². The summed E-state index contributed by atoms with van der Waals surface area (Å²) in [6.07, 6.45) is 0. The van der Waals surface area contributed by atoms with Crippen molar-refractivity contribution in [3.8, 4) is 10.6 Å². The molecule has 1 aromatic carbocycles. The third-order valence-electron chi connectivity index (χ3n) is 3.25. The molecule has 0 saturated heterocycles. The SMILES string of the molecule is Cn1nc(-c2cccs2)cc1C(=O)NCc1ccc(F)cc1. The molecule has 0 unspecified atom stereocenters. The summed E-state index contributed by atoms with van der Waals surface area (Å²) in [5.74, 6) is -0.496. The lowest BCUT2D eigenvalue weighted by atomic mass is 10.2. The molecule has 6 heteroatoms. The molecular weight excluding hydrogens is 301 g/mol. The van der Waals surface area contributed by atoms with Crippen LogP contribution in [0.2, 0.25) is 0 Å². The summed E-state index contributed by atoms with van der Waals surface area (Å²) in [5, 5.41) is 9.14. The third kappa shape index (κ3) is 3.07. The number of carbonyl (C=O) groups is 1. The van der Waals surface area contributed by atoms with Gasteiger partial charge < -0.3 is 5.32 Å². The Morgan fingerprint density at radius 2 is 2.09 bits per heavy atom. The van der Waals surface area contributed by atoms with E-state index in [-0.39, 0.29) is 11.7 Å². The second kappa shape index (κ2) is 6.11. The summed E-state index contributed by atoms with van der Waals surface area (Å²) in [5.41, 5.74) is 2.12. The number of aryl methyl sites for hydroxylation is 1. The second-order valence-corrected chi connectivity index (χ2v) is 5.77. The van der Waals surface area contributed by atoms with Gasteiger partial charge in [-0.05, 0) is 35.2 Å². The summed E-state index contributed by atoms with van der Waals surface area (Å²) in [6, 6.07) is 11.7. The van der Waals surface area contributed by atoms with Crippen molar-refractivity contribution in [1.29, 1.82) is 0 Å². The van der Waals surface area contributed by atoms with Crippen LogP contribution in [0.15, 0.2) is 47.8 Å². The molecule has 2 heterocycles. The number of carbonyl (C=O) groups excluding carboxylic acids is 1. The lowest BCUT2D eigenvalue weighted by Crippen LogP contribution is -2.25. The predicted molar refractivity (Wildman–Crippen MR) is 84.1 cm³/mol. The smallest absolute Gasteiger partial charge is 0.269 e. The molecule has 0 atom stereocenters. The number of nitrogens with zero attached hydrogens (tertiary/aromatic N) is 2. The van der Waals surface area contributed by atoms with E-state index in [1.54, 1.807) is 41.3 Å². The lowest BCUT2D eigenvalue weighted by molar-refractivity contribution is 0.0941. The maximum absolute atomic E-state index is 12.8. The number of halogens is 1. The molecule has 0 spiro atoms. The summed E-state index contributed by atoms with van der Waals surface area (Å²) in [7, 11) is 1.74. The highest BCUT2D eigenvalue weighted by Gasteiger charge is 2.14. The molecular formula is C16H14FN3OS. The van der Waals surface area contributed by atoms with E-state index in [0.29, 0.717) is 12.2 Å². The number of nitrogens with one attached hydrogen (secondary N) is 1. The summed E-state index contributed by atoms with van der Waals surface area (Å²) in [6.45, 7) is 0.346. The van der Waals surface area contributed by atoms with E-state index in [1.807, 2.05) is 17.5 Å². The Morgan fingerprint density at radius 3 is 2.77 bits per heavy atom. The molecule has 0 aliphatic carbocycles. The van der Waals surface area contributed by atoms with E-state index in [0.717, 1.165) is 16.1 Å². The van der Waals surface area contributed by atoms with Crippen molar-refractivity contribution in [2.75, 3.05) is 0 Å². The number of hydrogen-bond acceptors (Lipinski definition) is 3. The molecule has 3 aromatic rings. The molecule has 1 N–H and O–H groups in total. The van der Waals surface area contributed by atoms with E-state index in [4.69, 9.17) is 0 Å². The number of amides is 1. The fourth-order valence-electron chi connectivity index (χ4n) is 2.10. The quantitative estimate of drug-likeness (QED) is 0.803. The van der Waals surface area contributed by atoms with Crippen LogP contribution in [0.1, 0.15) is 16.1 Å². The van der Waals surface area contributed by atoms with Crippen LogP contribution in [0.25, 0.3) is 10.6 Å². The van der Waals surface area contributed by atoms with Crippen LogP contribution in [0, 0.1) is 5.82 Å². The zero-order valence-corrected chi connectivity index (χ0v) is 12.7. The van der Waals surface area contributed by atoms with Gasteiger partial charge in [0.15, 0.2) is 0 Å². The topological polar surface area (TPSA) is 46.9 Å². The average molecular weight is 315 g/mol. The predicted octanol–water partition coefficient (Wildman–Crippen LogP) is 3.22. The lowest BCUT2D eigenvalue weighted by Gasteiger charge is -2.05. The zero-order valence-electron chi connectivity index (χ0n) is 11.9. The number of benzene rings is 1. The van der Waals surface area contributed by atoms with Crippen LogP contribution in [0.4, 0.5) is 4.39 Å². The molecule has 0 fully saturated rings. The molecule has 0 saturated carbocycles. The maximum Gasteiger partial charge on any atom is 0.269 e. The number of rotatable bonds is 4. The van der Waals surface area contributed by atoms with Crippen LogP contribution >= 0.6 is 11.3 Å². The molecule has 22 heavy (non-hydrogen) atoms. The van der Waals surface area contributed by atoms with Gasteiger partial charge in [-0.25, -0.2) is 4.39 Å². The molecule has 2 aromatic heterocycles. The van der Waals surface area contributed by atoms with Gasteiger partial charge in [0.05, 0.1) is 4.88 Å². The van der Waals surface area contributed by atoms with Crippen LogP contribution in [0.3, 0.4) is 0 Å². The van der Waals surface area contributed by atoms with Gasteiger partial charge in [0.1, 0.15) is 17.2 Å². The van der Waals surface area contributed by atoms with Gasteiger partial charge in [0, 0.05) is 13.6 Å². The van der Waals surface area contributed by atoms with Crippen molar-refractivity contribution in [2.24, 2.45) is 7.05 Å². The first kappa shape index (κ1) is 14.5. The Morgan fingerprint density at radius 1 is 1.32 bits per heavy atom. The van der Waals surface area contributed by atoms with E-state index in [1.165, 1.54) is 12.1 Å². The highest BCUT2D eigenvalue weighted by atomic mass is 32.1. The Balaban J connectivity index is 1.71. The highest BCUT2D eigenvalue weighted by Crippen LogP contribution is 2.23. The number of hydrogen-bond donors (Lipinski definition) is 1. The fourth-order valence-corrected chi connectivity index (χ4v) is 2.78. The summed E-state index contributed by atoms with van der Waals surface area (Å²) in [4.78, 5) is 13.3. The molecule has 4 nitrogen and oxygen atoms in total. The van der Waals surface area contributed by atoms with Crippen LogP contribution in [-0.2, 0) is 13.6 Å². The molecule has 0 aliphatic heterocycles. The second-order valence-electron chi connectivity index (χ2n) is 4.82. The third-order valence-corrected chi connectivity index (χ3v) is 4.14. The Kier molecular flexibility index (Phi) is 4.02. The van der Waals surface area contributed by atoms with Crippen LogP contribution in [0.5, 0.6) is 0 Å². The number of thiophene rings is 1. The molecule has 3 rings (SSSR count). The van der Waals surface area contributed by atoms with Crippen molar-refractivity contribution < 1.29 is 9.18 Å².